The summed E-state index contributed by atoms with van der Waals surface area (Å²) < 4.78 is 37.9. The molecule has 32 heavy (non-hydrogen) atoms. The number of sulfonamides is 1. The number of ether oxygens (including phenoxy) is 2. The van der Waals surface area contributed by atoms with Crippen molar-refractivity contribution in [1.29, 1.82) is 0 Å². The van der Waals surface area contributed by atoms with Crippen LogP contribution in [0.4, 0.5) is 5.69 Å². The molecule has 0 aliphatic carbocycles. The summed E-state index contributed by atoms with van der Waals surface area (Å²) in [6.07, 6.45) is 0. The van der Waals surface area contributed by atoms with E-state index in [0.717, 1.165) is 11.3 Å². The van der Waals surface area contributed by atoms with Gasteiger partial charge in [0, 0.05) is 14.1 Å². The molecule has 0 spiro atoms. The lowest BCUT2D eigenvalue weighted by Crippen LogP contribution is -2.34. The first-order chi connectivity index (χ1) is 15.3. The van der Waals surface area contributed by atoms with Crippen molar-refractivity contribution in [2.45, 2.75) is 11.1 Å². The molecule has 7 nitrogen and oxygen atoms in total. The van der Waals surface area contributed by atoms with E-state index in [4.69, 9.17) is 9.47 Å². The summed E-state index contributed by atoms with van der Waals surface area (Å²) in [7, 11) is -0.397. The monoisotopic (exact) mass is 474 g/mol. The zero-order valence-electron chi connectivity index (χ0n) is 18.2. The quantitative estimate of drug-likeness (QED) is 0.447. The highest BCUT2D eigenvalue weighted by atomic mass is 32.2. The van der Waals surface area contributed by atoms with Crippen LogP contribution in [0.2, 0.25) is 0 Å². The first-order valence-electron chi connectivity index (χ1n) is 9.96. The number of amides is 1. The van der Waals surface area contributed by atoms with Gasteiger partial charge in [0.2, 0.25) is 0 Å². The van der Waals surface area contributed by atoms with Gasteiger partial charge in [-0.05, 0) is 54.8 Å². The lowest BCUT2D eigenvalue weighted by Gasteiger charge is -2.19. The molecule has 9 heteroatoms. The zero-order chi connectivity index (χ0) is 23.1. The van der Waals surface area contributed by atoms with E-state index in [2.05, 4.69) is 0 Å². The molecule has 0 unspecified atom stereocenters. The summed E-state index contributed by atoms with van der Waals surface area (Å²) >= 11 is 1.17. The van der Waals surface area contributed by atoms with E-state index in [1.807, 2.05) is 31.2 Å². The molecule has 0 saturated carbocycles. The minimum atomic E-state index is -3.59. The predicted octanol–water partition coefficient (Wildman–Crippen LogP) is 3.80. The van der Waals surface area contributed by atoms with Crippen LogP contribution in [0.3, 0.4) is 0 Å². The number of carbonyl (C=O) groups excluding carboxylic acids is 1. The second-order valence-electron chi connectivity index (χ2n) is 7.16. The van der Waals surface area contributed by atoms with Crippen molar-refractivity contribution < 1.29 is 22.7 Å². The topological polar surface area (TPSA) is 76.2 Å². The summed E-state index contributed by atoms with van der Waals surface area (Å²) in [5, 5.41) is 1.72. The average Bonchev–Trinajstić information content (AvgIpc) is 3.34. The van der Waals surface area contributed by atoms with Gasteiger partial charge in [-0.1, -0.05) is 23.8 Å². The number of carbonyl (C=O) groups is 1. The summed E-state index contributed by atoms with van der Waals surface area (Å²) in [5.74, 6) is 1.06. The normalized spacial score (nSPS) is 11.1. The van der Waals surface area contributed by atoms with Crippen molar-refractivity contribution in [1.82, 2.24) is 4.90 Å². The Kier molecular flexibility index (Phi) is 7.76. The molecule has 3 rings (SSSR count). The highest BCUT2D eigenvalue weighted by Gasteiger charge is 2.22. The maximum absolute atomic E-state index is 12.6. The second-order valence-corrected chi connectivity index (χ2v) is 10.3. The third kappa shape index (κ3) is 6.02. The van der Waals surface area contributed by atoms with Gasteiger partial charge in [-0.3, -0.25) is 9.10 Å². The summed E-state index contributed by atoms with van der Waals surface area (Å²) in [4.78, 5) is 13.8. The van der Waals surface area contributed by atoms with E-state index in [9.17, 15) is 13.2 Å². The van der Waals surface area contributed by atoms with Crippen LogP contribution in [0, 0.1) is 6.92 Å². The smallest absolute Gasteiger partial charge is 0.273 e. The third-order valence-electron chi connectivity index (χ3n) is 4.81. The molecule has 1 aromatic heterocycles. The highest BCUT2D eigenvalue weighted by Crippen LogP contribution is 2.26. The van der Waals surface area contributed by atoms with Crippen LogP contribution >= 0.6 is 11.3 Å². The SMILES string of the molecule is Cc1ccc(OCCN(C)C(=O)COc2ccc(N(C)S(=O)(=O)c3cccs3)cc2)cc1. The Hall–Kier alpha value is -3.04. The van der Waals surface area contributed by atoms with E-state index < -0.39 is 10.0 Å². The Bertz CT molecular complexity index is 1110. The molecule has 0 atom stereocenters. The van der Waals surface area contributed by atoms with Gasteiger partial charge in [-0.15, -0.1) is 11.3 Å². The van der Waals surface area contributed by atoms with E-state index in [0.29, 0.717) is 24.6 Å². The van der Waals surface area contributed by atoms with Gasteiger partial charge in [0.15, 0.2) is 6.61 Å². The second kappa shape index (κ2) is 10.5. The van der Waals surface area contributed by atoms with Crippen molar-refractivity contribution >= 4 is 33.0 Å². The average molecular weight is 475 g/mol. The highest BCUT2D eigenvalue weighted by molar-refractivity contribution is 7.94. The molecular formula is C23H26N2O5S2. The van der Waals surface area contributed by atoms with Crippen molar-refractivity contribution in [3.63, 3.8) is 0 Å². The van der Waals surface area contributed by atoms with Gasteiger partial charge >= 0.3 is 0 Å². The maximum Gasteiger partial charge on any atom is 0.273 e. The van der Waals surface area contributed by atoms with Crippen LogP contribution in [-0.2, 0) is 14.8 Å². The Labute approximate surface area is 192 Å². The molecule has 0 N–H and O–H groups in total. The number of hydrogen-bond acceptors (Lipinski definition) is 6. The Balaban J connectivity index is 1.46. The van der Waals surface area contributed by atoms with Crippen molar-refractivity contribution in [3.8, 4) is 11.5 Å². The van der Waals surface area contributed by atoms with Crippen LogP contribution in [0.25, 0.3) is 0 Å². The van der Waals surface area contributed by atoms with E-state index in [1.54, 1.807) is 53.7 Å². The minimum absolute atomic E-state index is 0.121. The van der Waals surface area contributed by atoms with E-state index in [-0.39, 0.29) is 16.7 Å². The van der Waals surface area contributed by atoms with Gasteiger partial charge in [0.1, 0.15) is 22.3 Å². The Morgan fingerprint density at radius 1 is 0.938 bits per heavy atom. The molecule has 0 radical (unpaired) electrons. The molecule has 0 saturated heterocycles. The molecule has 0 fully saturated rings. The molecule has 1 heterocycles. The third-order valence-corrected chi connectivity index (χ3v) is 7.97. The van der Waals surface area contributed by atoms with Crippen LogP contribution in [0.5, 0.6) is 11.5 Å². The number of rotatable bonds is 10. The first-order valence-corrected chi connectivity index (χ1v) is 12.3. The number of likely N-dealkylation sites (N-methyl/N-ethyl adjacent to an activating group) is 1. The molecule has 0 aliphatic heterocycles. The van der Waals surface area contributed by atoms with Crippen LogP contribution in [-0.4, -0.2) is 53.1 Å². The molecule has 170 valence electrons. The predicted molar refractivity (Wildman–Crippen MR) is 126 cm³/mol. The fourth-order valence-electron chi connectivity index (χ4n) is 2.75. The summed E-state index contributed by atoms with van der Waals surface area (Å²) in [6, 6.07) is 17.6. The van der Waals surface area contributed by atoms with E-state index >= 15 is 0 Å². The first kappa shape index (κ1) is 23.6. The number of hydrogen-bond donors (Lipinski definition) is 0. The van der Waals surface area contributed by atoms with Crippen LogP contribution in [0.15, 0.2) is 70.3 Å². The fourth-order valence-corrected chi connectivity index (χ4v) is 5.11. The molecular weight excluding hydrogens is 448 g/mol. The Morgan fingerprint density at radius 2 is 1.56 bits per heavy atom. The molecule has 0 bridgehead atoms. The van der Waals surface area contributed by atoms with E-state index in [1.165, 1.54) is 22.7 Å². The van der Waals surface area contributed by atoms with Gasteiger partial charge in [-0.25, -0.2) is 8.42 Å². The van der Waals surface area contributed by atoms with Crippen molar-refractivity contribution in [2.24, 2.45) is 0 Å². The lowest BCUT2D eigenvalue weighted by molar-refractivity contribution is -0.132. The zero-order valence-corrected chi connectivity index (χ0v) is 19.9. The number of anilines is 1. The molecule has 2 aromatic carbocycles. The van der Waals surface area contributed by atoms with Gasteiger partial charge in [0.25, 0.3) is 15.9 Å². The summed E-state index contributed by atoms with van der Waals surface area (Å²) in [6.45, 7) is 2.70. The number of benzene rings is 2. The van der Waals surface area contributed by atoms with Crippen LogP contribution < -0.4 is 13.8 Å². The van der Waals surface area contributed by atoms with Gasteiger partial charge < -0.3 is 14.4 Å². The largest absolute Gasteiger partial charge is 0.492 e. The lowest BCUT2D eigenvalue weighted by atomic mass is 10.2. The van der Waals surface area contributed by atoms with Gasteiger partial charge in [-0.2, -0.15) is 0 Å². The molecule has 3 aromatic rings. The van der Waals surface area contributed by atoms with Gasteiger partial charge in [0.05, 0.1) is 12.2 Å². The van der Waals surface area contributed by atoms with Crippen molar-refractivity contribution in [3.05, 3.63) is 71.6 Å². The Morgan fingerprint density at radius 3 is 2.19 bits per heavy atom. The number of nitrogens with zero attached hydrogens (tertiary/aromatic N) is 2. The minimum Gasteiger partial charge on any atom is -0.492 e. The molecule has 0 aliphatic rings. The fraction of sp³-hybridized carbons (Fsp3) is 0.261. The number of thiophene rings is 1. The van der Waals surface area contributed by atoms with Crippen LogP contribution in [0.1, 0.15) is 5.56 Å². The molecule has 1 amide bonds. The number of aryl methyl sites for hydroxylation is 1. The summed E-state index contributed by atoms with van der Waals surface area (Å²) in [5.41, 5.74) is 1.66. The van der Waals surface area contributed by atoms with Crippen molar-refractivity contribution in [2.75, 3.05) is 38.2 Å². The maximum atomic E-state index is 12.6. The standard InChI is InChI=1S/C23H26N2O5S2/c1-18-6-10-20(11-7-18)29-15-14-24(2)22(26)17-30-21-12-8-19(9-13-21)25(3)32(27,28)23-5-4-16-31-23/h4-13,16H,14-15,17H2,1-3H3.